The first-order valence-electron chi connectivity index (χ1n) is 6.30. The van der Waals surface area contributed by atoms with E-state index in [1.807, 2.05) is 0 Å². The van der Waals surface area contributed by atoms with E-state index in [4.69, 9.17) is 21.1 Å². The molecule has 0 aliphatic carbocycles. The average molecular weight is 313 g/mol. The SMILES string of the molecule is COc1cc(F)c(C(Cl)c2cccc(C)c2F)cc1OC. The molecule has 0 heterocycles. The summed E-state index contributed by atoms with van der Waals surface area (Å²) in [5.74, 6) is -0.416. The van der Waals surface area contributed by atoms with Crippen molar-refractivity contribution in [1.29, 1.82) is 0 Å². The zero-order valence-electron chi connectivity index (χ0n) is 11.9. The second-order valence-corrected chi connectivity index (χ2v) is 5.01. The Labute approximate surface area is 127 Å². The Hall–Kier alpha value is -1.81. The summed E-state index contributed by atoms with van der Waals surface area (Å²) < 4.78 is 38.5. The average Bonchev–Trinajstić information content (AvgIpc) is 2.49. The van der Waals surface area contributed by atoms with Gasteiger partial charge in [0.05, 0.1) is 19.6 Å². The van der Waals surface area contributed by atoms with E-state index in [1.54, 1.807) is 19.1 Å². The number of methoxy groups -OCH3 is 2. The van der Waals surface area contributed by atoms with Crippen LogP contribution in [-0.4, -0.2) is 14.2 Å². The van der Waals surface area contributed by atoms with Gasteiger partial charge in [0.25, 0.3) is 0 Å². The van der Waals surface area contributed by atoms with Crippen molar-refractivity contribution in [2.24, 2.45) is 0 Å². The highest BCUT2D eigenvalue weighted by Crippen LogP contribution is 2.38. The van der Waals surface area contributed by atoms with Crippen molar-refractivity contribution in [3.63, 3.8) is 0 Å². The molecule has 0 aromatic heterocycles. The van der Waals surface area contributed by atoms with Crippen molar-refractivity contribution >= 4 is 11.6 Å². The molecule has 0 spiro atoms. The highest BCUT2D eigenvalue weighted by molar-refractivity contribution is 6.22. The van der Waals surface area contributed by atoms with Crippen molar-refractivity contribution in [2.75, 3.05) is 14.2 Å². The van der Waals surface area contributed by atoms with Crippen molar-refractivity contribution in [1.82, 2.24) is 0 Å². The molecule has 0 saturated carbocycles. The highest BCUT2D eigenvalue weighted by atomic mass is 35.5. The number of hydrogen-bond acceptors (Lipinski definition) is 2. The third kappa shape index (κ3) is 2.95. The fourth-order valence-corrected chi connectivity index (χ4v) is 2.43. The minimum absolute atomic E-state index is 0.138. The maximum absolute atomic E-state index is 14.2. The van der Waals surface area contributed by atoms with Crippen LogP contribution in [0, 0.1) is 18.6 Å². The zero-order chi connectivity index (χ0) is 15.6. The predicted molar refractivity (Wildman–Crippen MR) is 78.3 cm³/mol. The minimum atomic E-state index is -0.954. The van der Waals surface area contributed by atoms with Crippen LogP contribution in [0.15, 0.2) is 30.3 Å². The van der Waals surface area contributed by atoms with Crippen LogP contribution in [0.4, 0.5) is 8.78 Å². The Morgan fingerprint density at radius 3 is 2.24 bits per heavy atom. The topological polar surface area (TPSA) is 18.5 Å². The molecule has 1 atom stereocenters. The van der Waals surface area contributed by atoms with Gasteiger partial charge in [-0.1, -0.05) is 18.2 Å². The summed E-state index contributed by atoms with van der Waals surface area (Å²) in [5, 5.41) is -0.954. The number of alkyl halides is 1. The van der Waals surface area contributed by atoms with E-state index in [0.29, 0.717) is 11.3 Å². The minimum Gasteiger partial charge on any atom is -0.493 e. The van der Waals surface area contributed by atoms with Gasteiger partial charge in [0.1, 0.15) is 11.6 Å². The predicted octanol–water partition coefficient (Wildman–Crippen LogP) is 4.62. The van der Waals surface area contributed by atoms with Crippen LogP contribution >= 0.6 is 11.6 Å². The first-order valence-corrected chi connectivity index (χ1v) is 6.73. The molecule has 0 aliphatic heterocycles. The summed E-state index contributed by atoms with van der Waals surface area (Å²) in [6.07, 6.45) is 0. The van der Waals surface area contributed by atoms with E-state index in [1.165, 1.54) is 32.4 Å². The molecule has 0 radical (unpaired) electrons. The smallest absolute Gasteiger partial charge is 0.163 e. The van der Waals surface area contributed by atoms with Crippen molar-refractivity contribution < 1.29 is 18.3 Å². The zero-order valence-corrected chi connectivity index (χ0v) is 12.7. The first kappa shape index (κ1) is 15.6. The largest absolute Gasteiger partial charge is 0.493 e. The van der Waals surface area contributed by atoms with Gasteiger partial charge in [-0.2, -0.15) is 0 Å². The van der Waals surface area contributed by atoms with Crippen molar-refractivity contribution in [3.05, 3.63) is 58.7 Å². The lowest BCUT2D eigenvalue weighted by Gasteiger charge is -2.16. The summed E-state index contributed by atoms with van der Waals surface area (Å²) in [6, 6.07) is 7.45. The Balaban J connectivity index is 2.53. The van der Waals surface area contributed by atoms with Gasteiger partial charge < -0.3 is 9.47 Å². The van der Waals surface area contributed by atoms with Gasteiger partial charge >= 0.3 is 0 Å². The fraction of sp³-hybridized carbons (Fsp3) is 0.250. The van der Waals surface area contributed by atoms with Crippen LogP contribution < -0.4 is 9.47 Å². The van der Waals surface area contributed by atoms with Crippen molar-refractivity contribution in [3.8, 4) is 11.5 Å². The summed E-state index contributed by atoms with van der Waals surface area (Å²) >= 11 is 6.26. The Bertz CT molecular complexity index is 659. The summed E-state index contributed by atoms with van der Waals surface area (Å²) in [4.78, 5) is 0. The van der Waals surface area contributed by atoms with E-state index < -0.39 is 17.0 Å². The summed E-state index contributed by atoms with van der Waals surface area (Å²) in [7, 11) is 2.85. The molecule has 2 aromatic rings. The monoisotopic (exact) mass is 312 g/mol. The van der Waals surface area contributed by atoms with Crippen LogP contribution in [0.3, 0.4) is 0 Å². The highest BCUT2D eigenvalue weighted by Gasteiger charge is 2.22. The third-order valence-electron chi connectivity index (χ3n) is 3.27. The quantitative estimate of drug-likeness (QED) is 0.767. The van der Waals surface area contributed by atoms with Crippen LogP contribution in [0.2, 0.25) is 0 Å². The molecular formula is C16H15ClF2O2. The van der Waals surface area contributed by atoms with Crippen LogP contribution in [-0.2, 0) is 0 Å². The summed E-state index contributed by atoms with van der Waals surface area (Å²) in [5.41, 5.74) is 0.820. The maximum atomic E-state index is 14.2. The number of aryl methyl sites for hydroxylation is 1. The molecule has 112 valence electrons. The van der Waals surface area contributed by atoms with Gasteiger partial charge in [-0.3, -0.25) is 0 Å². The lowest BCUT2D eigenvalue weighted by atomic mass is 10.0. The van der Waals surface area contributed by atoms with Crippen LogP contribution in [0.1, 0.15) is 22.1 Å². The Morgan fingerprint density at radius 2 is 1.62 bits per heavy atom. The van der Waals surface area contributed by atoms with Gasteiger partial charge in [-0.15, -0.1) is 11.6 Å². The van der Waals surface area contributed by atoms with E-state index >= 15 is 0 Å². The van der Waals surface area contributed by atoms with E-state index in [2.05, 4.69) is 0 Å². The molecule has 0 amide bonds. The lowest BCUT2D eigenvalue weighted by molar-refractivity contribution is 0.351. The number of halogens is 3. The van der Waals surface area contributed by atoms with Gasteiger partial charge in [0.2, 0.25) is 0 Å². The van der Waals surface area contributed by atoms with E-state index in [0.717, 1.165) is 0 Å². The standard InChI is InChI=1S/C16H15ClF2O2/c1-9-5-4-6-10(16(9)19)15(17)11-7-13(20-2)14(21-3)8-12(11)18/h4-8,15H,1-3H3. The van der Waals surface area contributed by atoms with Crippen molar-refractivity contribution in [2.45, 2.75) is 12.3 Å². The van der Waals surface area contributed by atoms with Gasteiger partial charge in [-0.25, -0.2) is 8.78 Å². The number of benzene rings is 2. The van der Waals surface area contributed by atoms with Gasteiger partial charge in [-0.05, 0) is 18.6 Å². The number of ether oxygens (including phenoxy) is 2. The molecule has 1 unspecified atom stereocenters. The summed E-state index contributed by atoms with van der Waals surface area (Å²) in [6.45, 7) is 1.63. The van der Waals surface area contributed by atoms with E-state index in [9.17, 15) is 8.78 Å². The van der Waals surface area contributed by atoms with Crippen LogP contribution in [0.5, 0.6) is 11.5 Å². The number of rotatable bonds is 4. The second kappa shape index (κ2) is 6.31. The van der Waals surface area contributed by atoms with Gasteiger partial charge in [0.15, 0.2) is 11.5 Å². The number of hydrogen-bond donors (Lipinski definition) is 0. The molecule has 2 nitrogen and oxygen atoms in total. The normalized spacial score (nSPS) is 12.1. The molecule has 2 aromatic carbocycles. The molecule has 0 bridgehead atoms. The second-order valence-electron chi connectivity index (χ2n) is 4.57. The fourth-order valence-electron chi connectivity index (χ4n) is 2.10. The van der Waals surface area contributed by atoms with Crippen LogP contribution in [0.25, 0.3) is 0 Å². The van der Waals surface area contributed by atoms with Gasteiger partial charge in [0, 0.05) is 17.2 Å². The molecule has 0 N–H and O–H groups in total. The molecule has 0 saturated heterocycles. The Morgan fingerprint density at radius 1 is 1.00 bits per heavy atom. The molecule has 2 rings (SSSR count). The lowest BCUT2D eigenvalue weighted by Crippen LogP contribution is -2.03. The Kier molecular flexibility index (Phi) is 4.68. The molecular weight excluding hydrogens is 298 g/mol. The molecule has 5 heteroatoms. The molecule has 0 aliphatic rings. The molecule has 21 heavy (non-hydrogen) atoms. The molecule has 0 fully saturated rings. The first-order chi connectivity index (χ1) is 9.99. The maximum Gasteiger partial charge on any atom is 0.163 e. The third-order valence-corrected chi connectivity index (χ3v) is 3.74. The van der Waals surface area contributed by atoms with E-state index in [-0.39, 0.29) is 16.9 Å².